The molecule has 19 heavy (non-hydrogen) atoms. The van der Waals surface area contributed by atoms with Crippen LogP contribution in [0.15, 0.2) is 24.3 Å². The second-order valence-electron chi connectivity index (χ2n) is 6.32. The minimum absolute atomic E-state index is 0.137. The summed E-state index contributed by atoms with van der Waals surface area (Å²) < 4.78 is 5.70. The Balaban J connectivity index is 2.20. The lowest BCUT2D eigenvalue weighted by atomic mass is 9.95. The molecule has 0 aliphatic carbocycles. The topological polar surface area (TPSA) is 24.5 Å². The predicted octanol–water partition coefficient (Wildman–Crippen LogP) is 3.05. The molecule has 0 aromatic heterocycles. The molecule has 0 radical (unpaired) electrons. The van der Waals surface area contributed by atoms with E-state index in [2.05, 4.69) is 69.1 Å². The van der Waals surface area contributed by atoms with Gasteiger partial charge in [0.25, 0.3) is 0 Å². The van der Waals surface area contributed by atoms with Gasteiger partial charge in [-0.2, -0.15) is 0 Å². The molecule has 3 heteroatoms. The van der Waals surface area contributed by atoms with Gasteiger partial charge in [0, 0.05) is 30.4 Å². The highest BCUT2D eigenvalue weighted by Gasteiger charge is 2.34. The minimum Gasteiger partial charge on any atom is -0.491 e. The number of hydrogen-bond acceptors (Lipinski definition) is 3. The average molecular weight is 262 g/mol. The zero-order chi connectivity index (χ0) is 14.0. The molecule has 1 aliphatic heterocycles. The molecular formula is C16H26N2O. The molecule has 1 aromatic rings. The van der Waals surface area contributed by atoms with Gasteiger partial charge < -0.3 is 15.0 Å². The number of nitrogens with zero attached hydrogens (tertiary/aromatic N) is 1. The van der Waals surface area contributed by atoms with Gasteiger partial charge in [0.15, 0.2) is 0 Å². The Bertz CT molecular complexity index is 411. The first kappa shape index (κ1) is 14.2. The van der Waals surface area contributed by atoms with Crippen molar-refractivity contribution in [3.8, 4) is 5.75 Å². The lowest BCUT2D eigenvalue weighted by molar-refractivity contribution is 0.242. The van der Waals surface area contributed by atoms with E-state index in [9.17, 15) is 0 Å². The monoisotopic (exact) mass is 262 g/mol. The Kier molecular flexibility index (Phi) is 4.04. The average Bonchev–Trinajstić information content (AvgIpc) is 2.29. The van der Waals surface area contributed by atoms with Crippen LogP contribution in [0.3, 0.4) is 0 Å². The van der Waals surface area contributed by atoms with Crippen LogP contribution >= 0.6 is 0 Å². The van der Waals surface area contributed by atoms with E-state index in [1.807, 2.05) is 0 Å². The Hall–Kier alpha value is -1.22. The number of benzene rings is 1. The van der Waals surface area contributed by atoms with E-state index < -0.39 is 0 Å². The van der Waals surface area contributed by atoms with Crippen LogP contribution in [0.25, 0.3) is 0 Å². The highest BCUT2D eigenvalue weighted by atomic mass is 16.5. The Morgan fingerprint density at radius 2 is 1.89 bits per heavy atom. The first-order valence-electron chi connectivity index (χ1n) is 7.17. The summed E-state index contributed by atoms with van der Waals surface area (Å²) in [5.41, 5.74) is 1.41. The van der Waals surface area contributed by atoms with Crippen molar-refractivity contribution >= 4 is 5.69 Å². The van der Waals surface area contributed by atoms with Crippen molar-refractivity contribution in [1.82, 2.24) is 5.32 Å². The highest BCUT2D eigenvalue weighted by Crippen LogP contribution is 2.30. The van der Waals surface area contributed by atoms with E-state index in [0.29, 0.717) is 6.04 Å². The van der Waals surface area contributed by atoms with E-state index >= 15 is 0 Å². The highest BCUT2D eigenvalue weighted by molar-refractivity contribution is 5.52. The molecule has 0 amide bonds. The number of piperazine rings is 1. The van der Waals surface area contributed by atoms with Crippen LogP contribution in [0.1, 0.15) is 34.6 Å². The lowest BCUT2D eigenvalue weighted by Crippen LogP contribution is -2.62. The second-order valence-corrected chi connectivity index (χ2v) is 6.32. The summed E-state index contributed by atoms with van der Waals surface area (Å²) in [5.74, 6) is 0.944. The van der Waals surface area contributed by atoms with Crippen LogP contribution in [-0.2, 0) is 0 Å². The summed E-state index contributed by atoms with van der Waals surface area (Å²) in [7, 11) is 0. The summed E-state index contributed by atoms with van der Waals surface area (Å²) in [4.78, 5) is 2.50. The predicted molar refractivity (Wildman–Crippen MR) is 81.1 cm³/mol. The number of anilines is 1. The molecule has 1 fully saturated rings. The van der Waals surface area contributed by atoms with E-state index in [0.717, 1.165) is 18.8 Å². The molecule has 1 heterocycles. The molecule has 1 aromatic carbocycles. The van der Waals surface area contributed by atoms with Gasteiger partial charge in [0.1, 0.15) is 5.75 Å². The molecule has 1 atom stereocenters. The number of nitrogens with one attached hydrogen (secondary N) is 1. The third-order valence-corrected chi connectivity index (χ3v) is 3.58. The molecule has 1 aliphatic rings. The Morgan fingerprint density at radius 3 is 2.42 bits per heavy atom. The first-order valence-corrected chi connectivity index (χ1v) is 7.17. The summed E-state index contributed by atoms with van der Waals surface area (Å²) >= 11 is 0. The van der Waals surface area contributed by atoms with Crippen LogP contribution in [0.5, 0.6) is 5.75 Å². The molecule has 1 saturated heterocycles. The zero-order valence-electron chi connectivity index (χ0n) is 12.7. The zero-order valence-corrected chi connectivity index (χ0v) is 12.7. The van der Waals surface area contributed by atoms with Crippen molar-refractivity contribution in [2.75, 3.05) is 18.0 Å². The minimum atomic E-state index is 0.137. The van der Waals surface area contributed by atoms with Crippen molar-refractivity contribution in [1.29, 1.82) is 0 Å². The van der Waals surface area contributed by atoms with Gasteiger partial charge in [-0.15, -0.1) is 0 Å². The van der Waals surface area contributed by atoms with E-state index in [1.165, 1.54) is 5.69 Å². The van der Waals surface area contributed by atoms with E-state index in [1.54, 1.807) is 0 Å². The van der Waals surface area contributed by atoms with Gasteiger partial charge in [0.05, 0.1) is 6.10 Å². The van der Waals surface area contributed by atoms with Crippen LogP contribution in [0, 0.1) is 0 Å². The van der Waals surface area contributed by atoms with Gasteiger partial charge in [-0.25, -0.2) is 0 Å². The van der Waals surface area contributed by atoms with Crippen molar-refractivity contribution < 1.29 is 4.74 Å². The third-order valence-electron chi connectivity index (χ3n) is 3.58. The fourth-order valence-corrected chi connectivity index (χ4v) is 2.92. The van der Waals surface area contributed by atoms with E-state index in [4.69, 9.17) is 4.74 Å². The standard InChI is InChI=1S/C16H26N2O/c1-12(2)19-15-8-6-14(7-9-15)18-13(3)10-17-11-16(18,4)5/h6-9,12-13,17H,10-11H2,1-5H3. The Labute approximate surface area is 116 Å². The quantitative estimate of drug-likeness (QED) is 0.906. The van der Waals surface area contributed by atoms with Gasteiger partial charge >= 0.3 is 0 Å². The molecule has 3 nitrogen and oxygen atoms in total. The largest absolute Gasteiger partial charge is 0.491 e. The fraction of sp³-hybridized carbons (Fsp3) is 0.625. The normalized spacial score (nSPS) is 22.6. The van der Waals surface area contributed by atoms with Crippen LogP contribution in [0.4, 0.5) is 5.69 Å². The summed E-state index contributed by atoms with van der Waals surface area (Å²) in [6.45, 7) is 13.0. The van der Waals surface area contributed by atoms with Crippen molar-refractivity contribution in [3.05, 3.63) is 24.3 Å². The molecule has 2 rings (SSSR count). The van der Waals surface area contributed by atoms with Gasteiger partial charge in [-0.05, 0) is 58.9 Å². The van der Waals surface area contributed by atoms with Gasteiger partial charge in [0.2, 0.25) is 0 Å². The number of hydrogen-bond donors (Lipinski definition) is 1. The molecule has 0 spiro atoms. The van der Waals surface area contributed by atoms with Gasteiger partial charge in [-0.1, -0.05) is 0 Å². The smallest absolute Gasteiger partial charge is 0.119 e. The summed E-state index contributed by atoms with van der Waals surface area (Å²) in [6, 6.07) is 8.98. The van der Waals surface area contributed by atoms with Crippen molar-refractivity contribution in [2.45, 2.75) is 52.3 Å². The molecule has 0 saturated carbocycles. The lowest BCUT2D eigenvalue weighted by Gasteiger charge is -2.48. The third kappa shape index (κ3) is 3.21. The second kappa shape index (κ2) is 5.41. The van der Waals surface area contributed by atoms with Crippen molar-refractivity contribution in [2.24, 2.45) is 0 Å². The van der Waals surface area contributed by atoms with E-state index in [-0.39, 0.29) is 11.6 Å². The number of rotatable bonds is 3. The summed E-state index contributed by atoms with van der Waals surface area (Å²) in [6.07, 6.45) is 0.223. The SMILES string of the molecule is CC(C)Oc1ccc(N2C(C)CNCC2(C)C)cc1. The first-order chi connectivity index (χ1) is 8.90. The molecular weight excluding hydrogens is 236 g/mol. The fourth-order valence-electron chi connectivity index (χ4n) is 2.92. The Morgan fingerprint density at radius 1 is 1.26 bits per heavy atom. The maximum atomic E-state index is 5.70. The summed E-state index contributed by atoms with van der Waals surface area (Å²) in [5, 5.41) is 3.50. The number of ether oxygens (including phenoxy) is 1. The van der Waals surface area contributed by atoms with Crippen LogP contribution in [-0.4, -0.2) is 30.8 Å². The van der Waals surface area contributed by atoms with Crippen LogP contribution in [0.2, 0.25) is 0 Å². The van der Waals surface area contributed by atoms with Crippen molar-refractivity contribution in [3.63, 3.8) is 0 Å². The molecule has 0 bridgehead atoms. The molecule has 1 unspecified atom stereocenters. The van der Waals surface area contributed by atoms with Crippen LogP contribution < -0.4 is 15.0 Å². The maximum absolute atomic E-state index is 5.70. The molecule has 106 valence electrons. The maximum Gasteiger partial charge on any atom is 0.119 e. The van der Waals surface area contributed by atoms with Gasteiger partial charge in [-0.3, -0.25) is 0 Å². The molecule has 1 N–H and O–H groups in total.